The average Bonchev–Trinajstić information content (AvgIpc) is 2.98. The molecule has 16 heteroatoms. The van der Waals surface area contributed by atoms with Gasteiger partial charge in [-0.1, -0.05) is 34.6 Å². The number of rotatable bonds is 30. The molecule has 3 amide bonds. The van der Waals surface area contributed by atoms with Gasteiger partial charge < -0.3 is 54.8 Å². The van der Waals surface area contributed by atoms with Crippen molar-refractivity contribution < 1.29 is 57.5 Å². The van der Waals surface area contributed by atoms with E-state index < -0.39 is 17.4 Å². The second kappa shape index (κ2) is 27.4. The molecule has 0 aliphatic carbocycles. The summed E-state index contributed by atoms with van der Waals surface area (Å²) in [5.74, 6) is -1.80. The number of carboxylic acid groups (broad SMARTS) is 1. The molecule has 5 N–H and O–H groups in total. The normalized spacial score (nSPS) is 12.1. The number of hydrogen-bond donors (Lipinski definition) is 5. The molecule has 0 unspecified atom stereocenters. The Morgan fingerprint density at radius 2 is 0.978 bits per heavy atom. The summed E-state index contributed by atoms with van der Waals surface area (Å²) in [4.78, 5) is 58.3. The van der Waals surface area contributed by atoms with Crippen LogP contribution < -0.4 is 21.3 Å². The first kappa shape index (κ1) is 43.3. The number of aliphatic carboxylic acids is 1. The summed E-state index contributed by atoms with van der Waals surface area (Å²) in [6.45, 7) is 12.3. The highest BCUT2D eigenvalue weighted by atomic mass is 16.5. The number of nitrogens with one attached hydrogen (secondary N) is 4. The van der Waals surface area contributed by atoms with Crippen LogP contribution in [0.4, 0.5) is 0 Å². The van der Waals surface area contributed by atoms with Crippen LogP contribution in [-0.2, 0) is 52.4 Å². The number of ketones is 1. The van der Waals surface area contributed by atoms with Crippen molar-refractivity contribution in [1.29, 1.82) is 0 Å². The lowest BCUT2D eigenvalue weighted by Gasteiger charge is -2.16. The van der Waals surface area contributed by atoms with E-state index in [1.165, 1.54) is 0 Å². The molecule has 0 heterocycles. The summed E-state index contributed by atoms with van der Waals surface area (Å²) in [5, 5.41) is 20.1. The summed E-state index contributed by atoms with van der Waals surface area (Å²) < 4.78 is 31.8. The van der Waals surface area contributed by atoms with Crippen molar-refractivity contribution in [2.75, 3.05) is 98.9 Å². The Labute approximate surface area is 272 Å². The molecule has 0 saturated carbocycles. The van der Waals surface area contributed by atoms with Crippen molar-refractivity contribution in [2.45, 2.75) is 59.5 Å². The molecule has 268 valence electrons. The van der Waals surface area contributed by atoms with E-state index in [0.29, 0.717) is 26.4 Å². The van der Waals surface area contributed by atoms with Crippen LogP contribution in [0.2, 0.25) is 0 Å². The summed E-state index contributed by atoms with van der Waals surface area (Å²) in [6, 6.07) is -0.772. The Morgan fingerprint density at radius 1 is 0.587 bits per heavy atom. The summed E-state index contributed by atoms with van der Waals surface area (Å²) in [6.07, 6.45) is 0.282. The van der Waals surface area contributed by atoms with Crippen LogP contribution in [0.5, 0.6) is 0 Å². The van der Waals surface area contributed by atoms with Crippen molar-refractivity contribution in [2.24, 2.45) is 5.41 Å². The first-order valence-corrected chi connectivity index (χ1v) is 15.6. The second-order valence-corrected chi connectivity index (χ2v) is 11.5. The van der Waals surface area contributed by atoms with Crippen LogP contribution in [-0.4, -0.2) is 146 Å². The summed E-state index contributed by atoms with van der Waals surface area (Å²) >= 11 is 0. The van der Waals surface area contributed by atoms with Crippen LogP contribution in [0.1, 0.15) is 47.5 Å². The van der Waals surface area contributed by atoms with Crippen LogP contribution in [0, 0.1) is 5.41 Å². The van der Waals surface area contributed by atoms with Crippen molar-refractivity contribution in [3.05, 3.63) is 0 Å². The quantitative estimate of drug-likeness (QED) is 0.0602. The molecule has 16 nitrogen and oxygen atoms in total. The molecular weight excluding hydrogens is 608 g/mol. The summed E-state index contributed by atoms with van der Waals surface area (Å²) in [7, 11) is 0. The lowest BCUT2D eigenvalue weighted by atomic mass is 9.91. The van der Waals surface area contributed by atoms with Crippen molar-refractivity contribution >= 4 is 29.5 Å². The van der Waals surface area contributed by atoms with Gasteiger partial charge in [-0.25, -0.2) is 0 Å². The number of Topliss-reactive ketones (excluding diaryl/α,β-unsaturated/α-hetero) is 1. The predicted molar refractivity (Wildman–Crippen MR) is 167 cm³/mol. The lowest BCUT2D eigenvalue weighted by molar-refractivity contribution is -0.140. The topological polar surface area (TPSA) is 209 Å². The largest absolute Gasteiger partial charge is 0.480 e. The highest BCUT2D eigenvalue weighted by molar-refractivity contribution is 5.84. The molecule has 0 aliphatic heterocycles. The zero-order chi connectivity index (χ0) is 34.6. The van der Waals surface area contributed by atoms with Gasteiger partial charge >= 0.3 is 5.97 Å². The van der Waals surface area contributed by atoms with E-state index >= 15 is 0 Å². The molecule has 0 bridgehead atoms. The first-order valence-electron chi connectivity index (χ1n) is 15.6. The Balaban J connectivity index is 3.49. The average molecular weight is 665 g/mol. The zero-order valence-corrected chi connectivity index (χ0v) is 28.1. The Morgan fingerprint density at radius 3 is 1.37 bits per heavy atom. The number of carbonyl (C=O) groups is 5. The van der Waals surface area contributed by atoms with Gasteiger partial charge in [-0.3, -0.25) is 24.0 Å². The number of carboxylic acids is 1. The maximum absolute atomic E-state index is 11.9. The third-order valence-corrected chi connectivity index (χ3v) is 5.85. The van der Waals surface area contributed by atoms with Crippen LogP contribution in [0.3, 0.4) is 0 Å². The Hall–Kier alpha value is -2.73. The molecule has 0 spiro atoms. The lowest BCUT2D eigenvalue weighted by Crippen LogP contribution is -2.41. The van der Waals surface area contributed by atoms with Gasteiger partial charge in [0, 0.05) is 37.5 Å². The molecule has 46 heavy (non-hydrogen) atoms. The van der Waals surface area contributed by atoms with E-state index in [1.807, 2.05) is 34.6 Å². The second-order valence-electron chi connectivity index (χ2n) is 11.5. The molecule has 1 atom stereocenters. The first-order chi connectivity index (χ1) is 21.8. The molecule has 0 rings (SSSR count). The molecule has 0 fully saturated rings. The van der Waals surface area contributed by atoms with Gasteiger partial charge in [0.15, 0.2) is 5.78 Å². The van der Waals surface area contributed by atoms with E-state index in [0.717, 1.165) is 0 Å². The third kappa shape index (κ3) is 27.6. The maximum atomic E-state index is 11.9. The monoisotopic (exact) mass is 664 g/mol. The van der Waals surface area contributed by atoms with Gasteiger partial charge in [-0.15, -0.1) is 0 Å². The zero-order valence-electron chi connectivity index (χ0n) is 28.1. The molecule has 0 aromatic carbocycles. The minimum absolute atomic E-state index is 0.000661. The van der Waals surface area contributed by atoms with Gasteiger partial charge in [0.25, 0.3) is 0 Å². The van der Waals surface area contributed by atoms with Crippen molar-refractivity contribution in [3.8, 4) is 0 Å². The fraction of sp³-hybridized carbons (Fsp3) is 0.833. The highest BCUT2D eigenvalue weighted by Crippen LogP contribution is 2.14. The van der Waals surface area contributed by atoms with E-state index in [9.17, 15) is 29.1 Å². The van der Waals surface area contributed by atoms with E-state index in [-0.39, 0.29) is 115 Å². The van der Waals surface area contributed by atoms with Crippen LogP contribution in [0.15, 0.2) is 0 Å². The van der Waals surface area contributed by atoms with Gasteiger partial charge in [-0.05, 0) is 6.42 Å². The van der Waals surface area contributed by atoms with E-state index in [4.69, 9.17) is 28.4 Å². The fourth-order valence-electron chi connectivity index (χ4n) is 3.31. The minimum Gasteiger partial charge on any atom is -0.480 e. The van der Waals surface area contributed by atoms with Gasteiger partial charge in [0.1, 0.15) is 25.9 Å². The predicted octanol–water partition coefficient (Wildman–Crippen LogP) is -0.719. The number of carbonyl (C=O) groups excluding carboxylic acids is 4. The minimum atomic E-state index is -0.987. The molecule has 0 radical (unpaired) electrons. The van der Waals surface area contributed by atoms with Crippen molar-refractivity contribution in [1.82, 2.24) is 21.3 Å². The Kier molecular flexibility index (Phi) is 25.8. The maximum Gasteiger partial charge on any atom is 0.320 e. The molecular formula is C30H56N4O12. The fourth-order valence-corrected chi connectivity index (χ4v) is 3.31. The Bertz CT molecular complexity index is 867. The van der Waals surface area contributed by atoms with Gasteiger partial charge in [0.2, 0.25) is 17.7 Å². The molecule has 0 aromatic heterocycles. The number of amides is 3. The van der Waals surface area contributed by atoms with E-state index in [1.54, 1.807) is 0 Å². The van der Waals surface area contributed by atoms with Gasteiger partial charge in [0.05, 0.1) is 59.5 Å². The smallest absolute Gasteiger partial charge is 0.320 e. The van der Waals surface area contributed by atoms with Crippen LogP contribution >= 0.6 is 0 Å². The highest BCUT2D eigenvalue weighted by Gasteiger charge is 2.21. The number of hydrogen-bond acceptors (Lipinski definition) is 12. The standard InChI is InChI=1S/C30H56N4O12/c1-23(2)34-24(29(39)40)6-7-26(36)31-8-11-41-15-18-45-21-28(38)33-10-13-43-16-19-46-22-27(37)32-9-12-42-14-17-44-20-25(35)30(3,4)5/h23-24,34H,6-22H2,1-5H3,(H,31,36)(H,32,37)(H,33,38)(H,39,40)/t24-/m0/s1. The molecule has 0 saturated heterocycles. The summed E-state index contributed by atoms with van der Waals surface area (Å²) in [5.41, 5.74) is -0.427. The molecule has 0 aliphatic rings. The van der Waals surface area contributed by atoms with Gasteiger partial charge in [-0.2, -0.15) is 0 Å². The number of ether oxygens (including phenoxy) is 6. The third-order valence-electron chi connectivity index (χ3n) is 5.85. The SMILES string of the molecule is CC(C)N[C@@H](CCC(=O)NCCOCCOCC(=O)NCCOCCOCC(=O)NCCOCCOCC(=O)C(C)(C)C)C(=O)O. The molecule has 0 aromatic rings. The van der Waals surface area contributed by atoms with Crippen LogP contribution in [0.25, 0.3) is 0 Å². The van der Waals surface area contributed by atoms with E-state index in [2.05, 4.69) is 21.3 Å². The van der Waals surface area contributed by atoms with Crippen molar-refractivity contribution in [3.63, 3.8) is 0 Å².